The van der Waals surface area contributed by atoms with Crippen LogP contribution < -0.4 is 10.5 Å². The summed E-state index contributed by atoms with van der Waals surface area (Å²) in [6.45, 7) is 6.06. The van der Waals surface area contributed by atoms with Crippen LogP contribution in [0, 0.1) is 5.92 Å². The third-order valence-corrected chi connectivity index (χ3v) is 3.44. The topological polar surface area (TPSA) is 69.2 Å². The molecule has 1 aromatic rings. The second kappa shape index (κ2) is 5.52. The first-order valence-corrected chi connectivity index (χ1v) is 6.57. The summed E-state index contributed by atoms with van der Waals surface area (Å²) >= 11 is 0. The van der Waals surface area contributed by atoms with Crippen LogP contribution in [0.1, 0.15) is 38.4 Å². The van der Waals surface area contributed by atoms with Crippen molar-refractivity contribution in [2.45, 2.75) is 32.6 Å². The largest absolute Gasteiger partial charge is 0.396 e. The molecule has 0 aliphatic carbocycles. The Hall–Kier alpha value is -1.36. The van der Waals surface area contributed by atoms with Crippen LogP contribution in [0.4, 0.5) is 5.82 Å². The minimum Gasteiger partial charge on any atom is -0.396 e. The number of aromatic nitrogens is 2. The maximum atomic E-state index is 11.6. The molecule has 5 nitrogen and oxygen atoms in total. The molecule has 18 heavy (non-hydrogen) atoms. The maximum Gasteiger partial charge on any atom is 0.252 e. The fourth-order valence-corrected chi connectivity index (χ4v) is 2.36. The smallest absolute Gasteiger partial charge is 0.252 e. The van der Waals surface area contributed by atoms with Gasteiger partial charge in [-0.3, -0.25) is 4.79 Å². The molecule has 1 aliphatic heterocycles. The molecule has 1 fully saturated rings. The number of hydrogen-bond acceptors (Lipinski definition) is 4. The number of nitrogens with one attached hydrogen (secondary N) is 1. The highest BCUT2D eigenvalue weighted by atomic mass is 16.3. The minimum absolute atomic E-state index is 0.0886. The van der Waals surface area contributed by atoms with E-state index < -0.39 is 0 Å². The number of anilines is 1. The molecule has 1 atom stereocenters. The summed E-state index contributed by atoms with van der Waals surface area (Å²) in [6.07, 6.45) is 1.89. The number of H-pyrrole nitrogens is 1. The van der Waals surface area contributed by atoms with Crippen molar-refractivity contribution >= 4 is 5.82 Å². The summed E-state index contributed by atoms with van der Waals surface area (Å²) in [4.78, 5) is 21.0. The average Bonchev–Trinajstić information content (AvgIpc) is 2.77. The highest BCUT2D eigenvalue weighted by Gasteiger charge is 2.23. The van der Waals surface area contributed by atoms with E-state index in [1.165, 1.54) is 0 Å². The number of aliphatic hydroxyl groups is 1. The van der Waals surface area contributed by atoms with E-state index >= 15 is 0 Å². The van der Waals surface area contributed by atoms with E-state index in [-0.39, 0.29) is 18.1 Å². The Morgan fingerprint density at radius 3 is 3.06 bits per heavy atom. The summed E-state index contributed by atoms with van der Waals surface area (Å²) in [7, 11) is 0. The second-order valence-electron chi connectivity index (χ2n) is 5.26. The predicted octanol–water partition coefficient (Wildman–Crippen LogP) is 1.10. The van der Waals surface area contributed by atoms with Gasteiger partial charge in [0.25, 0.3) is 5.56 Å². The van der Waals surface area contributed by atoms with Crippen LogP contribution >= 0.6 is 0 Å². The van der Waals surface area contributed by atoms with Gasteiger partial charge in [-0.05, 0) is 18.8 Å². The summed E-state index contributed by atoms with van der Waals surface area (Å²) in [5.74, 6) is 2.23. The summed E-state index contributed by atoms with van der Waals surface area (Å²) in [5, 5.41) is 8.96. The molecule has 2 N–H and O–H groups in total. The Kier molecular flexibility index (Phi) is 4.01. The molecule has 1 aromatic heterocycles. The van der Waals surface area contributed by atoms with Crippen LogP contribution in [0.15, 0.2) is 10.9 Å². The molecule has 1 aliphatic rings. The first-order valence-electron chi connectivity index (χ1n) is 6.57. The van der Waals surface area contributed by atoms with E-state index in [9.17, 15) is 4.79 Å². The lowest BCUT2D eigenvalue weighted by Gasteiger charge is -2.18. The fourth-order valence-electron chi connectivity index (χ4n) is 2.36. The van der Waals surface area contributed by atoms with Gasteiger partial charge >= 0.3 is 0 Å². The Morgan fingerprint density at radius 1 is 1.61 bits per heavy atom. The molecule has 5 heteroatoms. The molecule has 1 saturated heterocycles. The zero-order chi connectivity index (χ0) is 13.1. The minimum atomic E-state index is -0.0886. The van der Waals surface area contributed by atoms with Gasteiger partial charge in [0.05, 0.1) is 0 Å². The van der Waals surface area contributed by atoms with Crippen molar-refractivity contribution in [3.8, 4) is 0 Å². The molecular formula is C13H21N3O2. The van der Waals surface area contributed by atoms with Gasteiger partial charge in [0.1, 0.15) is 11.6 Å². The van der Waals surface area contributed by atoms with Gasteiger partial charge in [0, 0.05) is 31.7 Å². The number of aliphatic hydroxyl groups excluding tert-OH is 1. The monoisotopic (exact) mass is 251 g/mol. The summed E-state index contributed by atoms with van der Waals surface area (Å²) < 4.78 is 0. The van der Waals surface area contributed by atoms with Gasteiger partial charge in [0.15, 0.2) is 0 Å². The molecule has 2 heterocycles. The fraction of sp³-hybridized carbons (Fsp3) is 0.692. The van der Waals surface area contributed by atoms with E-state index in [0.717, 1.165) is 37.6 Å². The summed E-state index contributed by atoms with van der Waals surface area (Å²) in [5.41, 5.74) is -0.0886. The van der Waals surface area contributed by atoms with Crippen molar-refractivity contribution in [2.24, 2.45) is 5.92 Å². The lowest BCUT2D eigenvalue weighted by atomic mass is 10.1. The summed E-state index contributed by atoms with van der Waals surface area (Å²) in [6, 6.07) is 1.56. The Labute approximate surface area is 107 Å². The molecule has 0 aromatic carbocycles. The predicted molar refractivity (Wildman–Crippen MR) is 71.0 cm³/mol. The number of rotatable bonds is 4. The number of nitrogens with zero attached hydrogens (tertiary/aromatic N) is 2. The van der Waals surface area contributed by atoms with E-state index in [4.69, 9.17) is 5.11 Å². The number of hydrogen-bond donors (Lipinski definition) is 2. The van der Waals surface area contributed by atoms with Gasteiger partial charge in [-0.2, -0.15) is 0 Å². The molecule has 0 bridgehead atoms. The second-order valence-corrected chi connectivity index (χ2v) is 5.26. The van der Waals surface area contributed by atoms with Crippen molar-refractivity contribution in [1.29, 1.82) is 0 Å². The van der Waals surface area contributed by atoms with Crippen LogP contribution in [-0.4, -0.2) is 34.8 Å². The van der Waals surface area contributed by atoms with Crippen molar-refractivity contribution < 1.29 is 5.11 Å². The molecule has 0 amide bonds. The van der Waals surface area contributed by atoms with E-state index in [0.29, 0.717) is 5.92 Å². The highest BCUT2D eigenvalue weighted by Crippen LogP contribution is 2.23. The third-order valence-electron chi connectivity index (χ3n) is 3.44. The van der Waals surface area contributed by atoms with E-state index in [1.807, 2.05) is 13.8 Å². The van der Waals surface area contributed by atoms with Crippen LogP contribution in [0.25, 0.3) is 0 Å². The van der Waals surface area contributed by atoms with Crippen LogP contribution in [0.2, 0.25) is 0 Å². The van der Waals surface area contributed by atoms with Crippen LogP contribution in [0.5, 0.6) is 0 Å². The van der Waals surface area contributed by atoms with Gasteiger partial charge < -0.3 is 15.0 Å². The van der Waals surface area contributed by atoms with Crippen LogP contribution in [-0.2, 0) is 0 Å². The van der Waals surface area contributed by atoms with Gasteiger partial charge in [-0.1, -0.05) is 13.8 Å². The molecular weight excluding hydrogens is 230 g/mol. The molecule has 0 spiro atoms. The molecule has 0 radical (unpaired) electrons. The quantitative estimate of drug-likeness (QED) is 0.841. The average molecular weight is 251 g/mol. The van der Waals surface area contributed by atoms with E-state index in [1.54, 1.807) is 6.07 Å². The van der Waals surface area contributed by atoms with Gasteiger partial charge in [-0.15, -0.1) is 0 Å². The first-order chi connectivity index (χ1) is 8.60. The SMILES string of the molecule is CC(C)c1nc(N2CCC(CCO)C2)cc(=O)[nH]1. The molecule has 100 valence electrons. The Balaban J connectivity index is 2.16. The Bertz CT molecular complexity index is 456. The van der Waals surface area contributed by atoms with Gasteiger partial charge in [-0.25, -0.2) is 4.98 Å². The normalized spacial score (nSPS) is 19.8. The zero-order valence-electron chi connectivity index (χ0n) is 11.0. The van der Waals surface area contributed by atoms with Crippen molar-refractivity contribution in [3.63, 3.8) is 0 Å². The van der Waals surface area contributed by atoms with Gasteiger partial charge in [0.2, 0.25) is 0 Å². The third kappa shape index (κ3) is 2.90. The van der Waals surface area contributed by atoms with Crippen LogP contribution in [0.3, 0.4) is 0 Å². The first kappa shape index (κ1) is 13.1. The van der Waals surface area contributed by atoms with Crippen molar-refractivity contribution in [3.05, 3.63) is 22.2 Å². The standard InChI is InChI=1S/C13H21N3O2/c1-9(2)13-14-11(7-12(18)15-13)16-5-3-10(8-16)4-6-17/h7,9-10,17H,3-6,8H2,1-2H3,(H,14,15,18). The lowest BCUT2D eigenvalue weighted by molar-refractivity contribution is 0.263. The molecule has 1 unspecified atom stereocenters. The highest BCUT2D eigenvalue weighted by molar-refractivity contribution is 5.39. The maximum absolute atomic E-state index is 11.6. The van der Waals surface area contributed by atoms with Crippen molar-refractivity contribution in [2.75, 3.05) is 24.6 Å². The molecule has 2 rings (SSSR count). The zero-order valence-corrected chi connectivity index (χ0v) is 11.0. The lowest BCUT2D eigenvalue weighted by Crippen LogP contribution is -2.24. The number of aromatic amines is 1. The van der Waals surface area contributed by atoms with E-state index in [2.05, 4.69) is 14.9 Å². The van der Waals surface area contributed by atoms with Crippen molar-refractivity contribution in [1.82, 2.24) is 9.97 Å². The molecule has 0 saturated carbocycles. The Morgan fingerprint density at radius 2 is 2.39 bits per heavy atom.